The molecule has 7 heteroatoms. The third-order valence-corrected chi connectivity index (χ3v) is 4.09. The van der Waals surface area contributed by atoms with Crippen LogP contribution >= 0.6 is 24.0 Å². The maximum Gasteiger partial charge on any atom is 0.239 e. The molecule has 0 heterocycles. The molecule has 0 unspecified atom stereocenters. The average Bonchev–Trinajstić information content (AvgIpc) is 2.46. The Balaban J connectivity index is 0.00000441. The van der Waals surface area contributed by atoms with Crippen molar-refractivity contribution in [3.8, 4) is 0 Å². The zero-order valence-corrected chi connectivity index (χ0v) is 16.4. The number of ether oxygens (including phenoxy) is 1. The van der Waals surface area contributed by atoms with Crippen molar-refractivity contribution in [3.63, 3.8) is 0 Å². The van der Waals surface area contributed by atoms with Crippen LogP contribution in [0.15, 0.2) is 4.99 Å². The highest BCUT2D eigenvalue weighted by Crippen LogP contribution is 2.43. The molecule has 1 rings (SSSR count). The summed E-state index contributed by atoms with van der Waals surface area (Å²) in [7, 11) is 3.47. The quantitative estimate of drug-likeness (QED) is 0.297. The number of guanidine groups is 1. The number of carbonyl (C=O) groups excluding carboxylic acids is 1. The summed E-state index contributed by atoms with van der Waals surface area (Å²) in [5, 5.41) is 9.22. The van der Waals surface area contributed by atoms with E-state index < -0.39 is 0 Å². The van der Waals surface area contributed by atoms with Gasteiger partial charge in [0.15, 0.2) is 5.96 Å². The second-order valence-electron chi connectivity index (χ2n) is 5.73. The van der Waals surface area contributed by atoms with Gasteiger partial charge in [0, 0.05) is 33.9 Å². The van der Waals surface area contributed by atoms with E-state index in [0.29, 0.717) is 17.9 Å². The second-order valence-corrected chi connectivity index (χ2v) is 5.73. The lowest BCUT2D eigenvalue weighted by Gasteiger charge is -2.42. The van der Waals surface area contributed by atoms with Crippen LogP contribution < -0.4 is 16.0 Å². The van der Waals surface area contributed by atoms with Crippen molar-refractivity contribution < 1.29 is 9.53 Å². The molecule has 1 saturated carbocycles. The first-order valence-corrected chi connectivity index (χ1v) is 7.86. The summed E-state index contributed by atoms with van der Waals surface area (Å²) in [5.41, 5.74) is 0.331. The summed E-state index contributed by atoms with van der Waals surface area (Å²) in [5.74, 6) is 0.683. The minimum atomic E-state index is -0.00228. The van der Waals surface area contributed by atoms with E-state index in [9.17, 15) is 4.79 Å². The molecule has 0 atom stereocenters. The zero-order valence-electron chi connectivity index (χ0n) is 14.0. The first kappa shape index (κ1) is 21.4. The topological polar surface area (TPSA) is 74.8 Å². The van der Waals surface area contributed by atoms with Gasteiger partial charge >= 0.3 is 0 Å². The standard InChI is InChI=1S/C15H30N4O2.HI/c1-4-9-17-13(20)11-18-14(16-2)19-12-15(6-5-7-15)8-10-21-3;/h4-12H2,1-3H3,(H,17,20)(H2,16,18,19);1H. The molecule has 1 amide bonds. The summed E-state index contributed by atoms with van der Waals surface area (Å²) < 4.78 is 5.20. The maximum atomic E-state index is 11.6. The van der Waals surface area contributed by atoms with Gasteiger partial charge in [-0.15, -0.1) is 24.0 Å². The minimum absolute atomic E-state index is 0. The number of methoxy groups -OCH3 is 1. The molecular formula is C15H31IN4O2. The van der Waals surface area contributed by atoms with Crippen LogP contribution in [0.4, 0.5) is 0 Å². The van der Waals surface area contributed by atoms with Gasteiger partial charge in [-0.3, -0.25) is 9.79 Å². The van der Waals surface area contributed by atoms with E-state index >= 15 is 0 Å². The highest BCUT2D eigenvalue weighted by molar-refractivity contribution is 14.0. The number of hydrogen-bond donors (Lipinski definition) is 3. The minimum Gasteiger partial charge on any atom is -0.385 e. The van der Waals surface area contributed by atoms with E-state index in [2.05, 4.69) is 20.9 Å². The summed E-state index contributed by atoms with van der Waals surface area (Å²) in [4.78, 5) is 15.7. The molecule has 22 heavy (non-hydrogen) atoms. The predicted molar refractivity (Wildman–Crippen MR) is 101 cm³/mol. The van der Waals surface area contributed by atoms with Crippen molar-refractivity contribution in [3.05, 3.63) is 0 Å². The smallest absolute Gasteiger partial charge is 0.239 e. The summed E-state index contributed by atoms with van der Waals surface area (Å²) in [6.45, 7) is 4.68. The Morgan fingerprint density at radius 2 is 2.00 bits per heavy atom. The lowest BCUT2D eigenvalue weighted by Crippen LogP contribution is -2.48. The molecule has 0 bridgehead atoms. The van der Waals surface area contributed by atoms with Gasteiger partial charge < -0.3 is 20.7 Å². The van der Waals surface area contributed by atoms with E-state index in [-0.39, 0.29) is 36.4 Å². The number of nitrogens with one attached hydrogen (secondary N) is 3. The van der Waals surface area contributed by atoms with Crippen LogP contribution in [0, 0.1) is 5.41 Å². The Kier molecular flexibility index (Phi) is 11.6. The number of nitrogens with zero attached hydrogens (tertiary/aromatic N) is 1. The Labute approximate surface area is 151 Å². The zero-order chi connectivity index (χ0) is 15.6. The van der Waals surface area contributed by atoms with Crippen molar-refractivity contribution in [2.24, 2.45) is 10.4 Å². The molecule has 0 aromatic rings. The summed E-state index contributed by atoms with van der Waals surface area (Å²) >= 11 is 0. The van der Waals surface area contributed by atoms with Crippen LogP contribution in [-0.4, -0.2) is 52.3 Å². The number of hydrogen-bond acceptors (Lipinski definition) is 3. The van der Waals surface area contributed by atoms with Gasteiger partial charge in [0.25, 0.3) is 0 Å². The molecule has 0 aromatic heterocycles. The number of carbonyl (C=O) groups is 1. The lowest BCUT2D eigenvalue weighted by molar-refractivity contribution is -0.120. The largest absolute Gasteiger partial charge is 0.385 e. The summed E-state index contributed by atoms with van der Waals surface area (Å²) in [6.07, 6.45) is 5.77. The second kappa shape index (κ2) is 11.9. The van der Waals surface area contributed by atoms with Crippen molar-refractivity contribution >= 4 is 35.8 Å². The van der Waals surface area contributed by atoms with Crippen LogP contribution in [0.5, 0.6) is 0 Å². The van der Waals surface area contributed by atoms with Gasteiger partial charge in [-0.05, 0) is 31.1 Å². The van der Waals surface area contributed by atoms with Crippen molar-refractivity contribution in [1.29, 1.82) is 0 Å². The Morgan fingerprint density at radius 1 is 1.27 bits per heavy atom. The monoisotopic (exact) mass is 426 g/mol. The van der Waals surface area contributed by atoms with Gasteiger partial charge in [0.05, 0.1) is 6.54 Å². The molecule has 6 nitrogen and oxygen atoms in total. The van der Waals surface area contributed by atoms with Crippen LogP contribution in [0.25, 0.3) is 0 Å². The highest BCUT2D eigenvalue weighted by Gasteiger charge is 2.36. The number of aliphatic imine (C=N–C) groups is 1. The van der Waals surface area contributed by atoms with E-state index in [1.165, 1.54) is 19.3 Å². The molecule has 0 aliphatic heterocycles. The Bertz CT molecular complexity index is 346. The molecule has 130 valence electrons. The van der Waals surface area contributed by atoms with Gasteiger partial charge in [-0.25, -0.2) is 0 Å². The molecule has 0 spiro atoms. The van der Waals surface area contributed by atoms with Crippen molar-refractivity contribution in [1.82, 2.24) is 16.0 Å². The van der Waals surface area contributed by atoms with Crippen LogP contribution in [0.1, 0.15) is 39.0 Å². The maximum absolute atomic E-state index is 11.6. The fourth-order valence-electron chi connectivity index (χ4n) is 2.49. The highest BCUT2D eigenvalue weighted by atomic mass is 127. The van der Waals surface area contributed by atoms with Gasteiger partial charge in [0.1, 0.15) is 0 Å². The molecule has 0 radical (unpaired) electrons. The number of amides is 1. The molecule has 1 fully saturated rings. The molecule has 3 N–H and O–H groups in total. The molecule has 0 saturated heterocycles. The summed E-state index contributed by atoms with van der Waals surface area (Å²) in [6, 6.07) is 0. The first-order valence-electron chi connectivity index (χ1n) is 7.86. The number of halogens is 1. The van der Waals surface area contributed by atoms with E-state index in [0.717, 1.165) is 26.0 Å². The Morgan fingerprint density at radius 3 is 2.50 bits per heavy atom. The van der Waals surface area contributed by atoms with Crippen molar-refractivity contribution in [2.75, 3.05) is 40.4 Å². The predicted octanol–water partition coefficient (Wildman–Crippen LogP) is 1.50. The van der Waals surface area contributed by atoms with Crippen LogP contribution in [0.2, 0.25) is 0 Å². The lowest BCUT2D eigenvalue weighted by atomic mass is 9.67. The number of rotatable bonds is 9. The molecule has 0 aromatic carbocycles. The molecule has 1 aliphatic rings. The van der Waals surface area contributed by atoms with Gasteiger partial charge in [-0.1, -0.05) is 13.3 Å². The fraction of sp³-hybridized carbons (Fsp3) is 0.867. The molecule has 1 aliphatic carbocycles. The van der Waals surface area contributed by atoms with E-state index in [4.69, 9.17) is 4.74 Å². The van der Waals surface area contributed by atoms with Gasteiger partial charge in [-0.2, -0.15) is 0 Å². The molecular weight excluding hydrogens is 395 g/mol. The van der Waals surface area contributed by atoms with Gasteiger partial charge in [0.2, 0.25) is 5.91 Å². The third kappa shape index (κ3) is 7.62. The van der Waals surface area contributed by atoms with E-state index in [1.54, 1.807) is 14.2 Å². The third-order valence-electron chi connectivity index (χ3n) is 4.09. The van der Waals surface area contributed by atoms with Crippen LogP contribution in [0.3, 0.4) is 0 Å². The van der Waals surface area contributed by atoms with Crippen molar-refractivity contribution in [2.45, 2.75) is 39.0 Å². The fourth-order valence-corrected chi connectivity index (χ4v) is 2.49. The average molecular weight is 426 g/mol. The first-order chi connectivity index (χ1) is 10.2. The SMILES string of the molecule is CCCNC(=O)CNC(=NC)NCC1(CCOC)CCC1.I. The van der Waals surface area contributed by atoms with E-state index in [1.807, 2.05) is 6.92 Å². The normalized spacial score (nSPS) is 16.2. The van der Waals surface area contributed by atoms with Crippen LogP contribution in [-0.2, 0) is 9.53 Å². The Hall–Kier alpha value is -0.570.